The summed E-state index contributed by atoms with van der Waals surface area (Å²) in [5.41, 5.74) is 4.20. The Morgan fingerprint density at radius 1 is 0.824 bits per heavy atom. The molecular formula is C29H29N3O2. The molecular weight excluding hydrogens is 422 g/mol. The summed E-state index contributed by atoms with van der Waals surface area (Å²) < 4.78 is 0. The van der Waals surface area contributed by atoms with E-state index in [-0.39, 0.29) is 12.5 Å². The van der Waals surface area contributed by atoms with Crippen LogP contribution in [0.4, 0.5) is 5.82 Å². The van der Waals surface area contributed by atoms with E-state index in [1.165, 1.54) is 0 Å². The molecule has 0 saturated heterocycles. The van der Waals surface area contributed by atoms with Gasteiger partial charge in [0.25, 0.3) is 5.91 Å². The Balaban J connectivity index is 1.64. The van der Waals surface area contributed by atoms with Crippen LogP contribution >= 0.6 is 0 Å². The summed E-state index contributed by atoms with van der Waals surface area (Å²) in [6, 6.07) is 33.1. The Morgan fingerprint density at radius 2 is 1.41 bits per heavy atom. The first kappa shape index (κ1) is 23.2. The minimum Gasteiger partial charge on any atom is -0.387 e. The molecule has 34 heavy (non-hydrogen) atoms. The Hall–Kier alpha value is -3.96. The first-order valence-electron chi connectivity index (χ1n) is 11.3. The Kier molecular flexibility index (Phi) is 7.35. The van der Waals surface area contributed by atoms with Crippen LogP contribution in [0.5, 0.6) is 0 Å². The van der Waals surface area contributed by atoms with Crippen molar-refractivity contribution in [1.82, 2.24) is 9.88 Å². The lowest BCUT2D eigenvalue weighted by Gasteiger charge is -2.26. The van der Waals surface area contributed by atoms with Crippen LogP contribution in [0.15, 0.2) is 103 Å². The molecule has 0 spiro atoms. The molecule has 1 atom stereocenters. The number of likely N-dealkylation sites (N-methyl/N-ethyl adjacent to an activating group) is 1. The van der Waals surface area contributed by atoms with Gasteiger partial charge in [-0.1, -0.05) is 91.0 Å². The van der Waals surface area contributed by atoms with Crippen LogP contribution < -0.4 is 4.90 Å². The minimum absolute atomic E-state index is 0.183. The van der Waals surface area contributed by atoms with Crippen molar-refractivity contribution >= 4 is 11.7 Å². The third kappa shape index (κ3) is 5.50. The van der Waals surface area contributed by atoms with Crippen molar-refractivity contribution < 1.29 is 9.90 Å². The van der Waals surface area contributed by atoms with E-state index in [1.807, 2.05) is 103 Å². The lowest BCUT2D eigenvalue weighted by molar-refractivity contribution is 0.0681. The first-order chi connectivity index (χ1) is 16.5. The second-order valence-corrected chi connectivity index (χ2v) is 8.39. The molecule has 1 unspecified atom stereocenters. The maximum Gasteiger partial charge on any atom is 0.257 e. The molecule has 0 fully saturated rings. The predicted octanol–water partition coefficient (Wildman–Crippen LogP) is 5.19. The highest BCUT2D eigenvalue weighted by Crippen LogP contribution is 2.26. The van der Waals surface area contributed by atoms with E-state index in [0.29, 0.717) is 17.9 Å². The second kappa shape index (κ2) is 10.8. The van der Waals surface area contributed by atoms with Crippen molar-refractivity contribution in [3.05, 3.63) is 120 Å². The molecule has 5 heteroatoms. The fraction of sp³-hybridized carbons (Fsp3) is 0.172. The Morgan fingerprint density at radius 3 is 2.06 bits per heavy atom. The zero-order chi connectivity index (χ0) is 23.9. The van der Waals surface area contributed by atoms with Gasteiger partial charge in [-0.25, -0.2) is 4.98 Å². The maximum atomic E-state index is 13.5. The molecule has 1 aromatic heterocycles. The number of nitrogens with zero attached hydrogens (tertiary/aromatic N) is 3. The van der Waals surface area contributed by atoms with Crippen LogP contribution in [0.25, 0.3) is 11.3 Å². The van der Waals surface area contributed by atoms with Gasteiger partial charge in [-0.15, -0.1) is 0 Å². The van der Waals surface area contributed by atoms with Crippen molar-refractivity contribution in [2.75, 3.05) is 25.5 Å². The van der Waals surface area contributed by atoms with Gasteiger partial charge >= 0.3 is 0 Å². The van der Waals surface area contributed by atoms with Crippen LogP contribution in [0.2, 0.25) is 0 Å². The fourth-order valence-corrected chi connectivity index (χ4v) is 3.94. The molecule has 1 N–H and O–H groups in total. The number of hydrogen-bond acceptors (Lipinski definition) is 4. The lowest BCUT2D eigenvalue weighted by Crippen LogP contribution is -2.33. The van der Waals surface area contributed by atoms with Crippen LogP contribution in [-0.4, -0.2) is 41.5 Å². The molecule has 4 aromatic rings. The summed E-state index contributed by atoms with van der Waals surface area (Å²) in [4.78, 5) is 21.9. The Bertz CT molecular complexity index is 1210. The lowest BCUT2D eigenvalue weighted by atomic mass is 10.1. The highest BCUT2D eigenvalue weighted by molar-refractivity contribution is 5.99. The smallest absolute Gasteiger partial charge is 0.257 e. The highest BCUT2D eigenvalue weighted by Gasteiger charge is 2.22. The number of rotatable bonds is 8. The van der Waals surface area contributed by atoms with Crippen LogP contribution in [0, 0.1) is 0 Å². The van der Waals surface area contributed by atoms with Gasteiger partial charge in [0.05, 0.1) is 23.9 Å². The van der Waals surface area contributed by atoms with Gasteiger partial charge in [0.15, 0.2) is 0 Å². The van der Waals surface area contributed by atoms with Gasteiger partial charge in [-0.05, 0) is 23.3 Å². The summed E-state index contributed by atoms with van der Waals surface area (Å²) in [5.74, 6) is 0.424. The number of aliphatic hydroxyl groups excluding tert-OH is 1. The zero-order valence-corrected chi connectivity index (χ0v) is 19.5. The van der Waals surface area contributed by atoms with Crippen LogP contribution in [0.3, 0.4) is 0 Å². The summed E-state index contributed by atoms with van der Waals surface area (Å²) in [6.07, 6.45) is -0.766. The number of amides is 1. The molecule has 0 bridgehead atoms. The van der Waals surface area contributed by atoms with E-state index in [1.54, 1.807) is 11.9 Å². The van der Waals surface area contributed by atoms with Crippen molar-refractivity contribution in [2.45, 2.75) is 12.6 Å². The fourth-order valence-electron chi connectivity index (χ4n) is 3.94. The van der Waals surface area contributed by atoms with Gasteiger partial charge in [0.1, 0.15) is 5.82 Å². The normalized spacial score (nSPS) is 11.6. The first-order valence-corrected chi connectivity index (χ1v) is 11.3. The largest absolute Gasteiger partial charge is 0.387 e. The van der Waals surface area contributed by atoms with Crippen molar-refractivity contribution in [2.24, 2.45) is 0 Å². The molecule has 1 amide bonds. The number of hydrogen-bond donors (Lipinski definition) is 1. The van der Waals surface area contributed by atoms with E-state index in [2.05, 4.69) is 12.1 Å². The van der Waals surface area contributed by atoms with Crippen molar-refractivity contribution in [3.8, 4) is 11.3 Å². The number of aliphatic hydroxyl groups is 1. The molecule has 4 rings (SSSR count). The van der Waals surface area contributed by atoms with Gasteiger partial charge in [0, 0.05) is 26.2 Å². The quantitative estimate of drug-likeness (QED) is 0.401. The monoisotopic (exact) mass is 451 g/mol. The Labute approximate surface area is 200 Å². The van der Waals surface area contributed by atoms with E-state index < -0.39 is 6.10 Å². The molecule has 172 valence electrons. The van der Waals surface area contributed by atoms with Gasteiger partial charge in [-0.3, -0.25) is 4.79 Å². The molecule has 0 radical (unpaired) electrons. The number of aromatic nitrogens is 1. The summed E-state index contributed by atoms with van der Waals surface area (Å²) in [6.45, 7) is 0.799. The highest BCUT2D eigenvalue weighted by atomic mass is 16.3. The molecule has 1 heterocycles. The minimum atomic E-state index is -0.766. The summed E-state index contributed by atoms with van der Waals surface area (Å²) in [7, 11) is 3.65. The van der Waals surface area contributed by atoms with E-state index in [9.17, 15) is 9.90 Å². The van der Waals surface area contributed by atoms with Crippen molar-refractivity contribution in [3.63, 3.8) is 0 Å². The summed E-state index contributed by atoms with van der Waals surface area (Å²) >= 11 is 0. The van der Waals surface area contributed by atoms with Gasteiger partial charge in [0.2, 0.25) is 0 Å². The molecule has 0 aliphatic rings. The number of carbonyl (C=O) groups excluding carboxylic acids is 1. The third-order valence-corrected chi connectivity index (χ3v) is 5.78. The number of pyridine rings is 1. The van der Waals surface area contributed by atoms with E-state index >= 15 is 0 Å². The number of benzene rings is 3. The average molecular weight is 452 g/mol. The average Bonchev–Trinajstić information content (AvgIpc) is 2.89. The topological polar surface area (TPSA) is 56.7 Å². The van der Waals surface area contributed by atoms with Crippen LogP contribution in [-0.2, 0) is 6.54 Å². The van der Waals surface area contributed by atoms with Crippen molar-refractivity contribution in [1.29, 1.82) is 0 Å². The molecule has 0 saturated carbocycles. The number of carbonyl (C=O) groups is 1. The van der Waals surface area contributed by atoms with Gasteiger partial charge in [-0.2, -0.15) is 0 Å². The standard InChI is InChI=1S/C29H29N3O2/c1-31(20-22-12-6-3-7-13-22)28-25(18-19-26(30-28)23-14-8-4-9-15-23)29(34)32(2)21-27(33)24-16-10-5-11-17-24/h3-19,27,33H,20-21H2,1-2H3. The SMILES string of the molecule is CN(CC(O)c1ccccc1)C(=O)c1ccc(-c2ccccc2)nc1N(C)Cc1ccccc1. The van der Waals surface area contributed by atoms with Crippen LogP contribution in [0.1, 0.15) is 27.6 Å². The molecule has 0 aliphatic heterocycles. The molecule has 3 aromatic carbocycles. The van der Waals surface area contributed by atoms with Gasteiger partial charge < -0.3 is 14.9 Å². The van der Waals surface area contributed by atoms with E-state index in [4.69, 9.17) is 4.98 Å². The summed E-state index contributed by atoms with van der Waals surface area (Å²) in [5, 5.41) is 10.6. The second-order valence-electron chi connectivity index (χ2n) is 8.39. The third-order valence-electron chi connectivity index (χ3n) is 5.78. The maximum absolute atomic E-state index is 13.5. The van der Waals surface area contributed by atoms with E-state index in [0.717, 1.165) is 22.4 Å². The number of anilines is 1. The molecule has 0 aliphatic carbocycles. The molecule has 5 nitrogen and oxygen atoms in total. The predicted molar refractivity (Wildman–Crippen MR) is 137 cm³/mol. The zero-order valence-electron chi connectivity index (χ0n) is 19.5.